The molecule has 1 aromatic heterocycles. The van der Waals surface area contributed by atoms with Crippen molar-refractivity contribution >= 4 is 28.5 Å². The number of furan rings is 1. The lowest BCUT2D eigenvalue weighted by atomic mass is 10.2. The minimum atomic E-state index is -1.32. The Bertz CT molecular complexity index is 515. The van der Waals surface area contributed by atoms with Gasteiger partial charge in [0, 0.05) is 0 Å². The number of carboxylic acids is 1. The van der Waals surface area contributed by atoms with Gasteiger partial charge in [0.1, 0.15) is 0 Å². The Balaban J connectivity index is 2.86. The van der Waals surface area contributed by atoms with Gasteiger partial charge in [-0.05, 0) is 12.1 Å². The molecule has 0 aliphatic heterocycles. The number of fused-ring (bicyclic) bond motifs is 1. The van der Waals surface area contributed by atoms with E-state index < -0.39 is 17.5 Å². The first-order valence-corrected chi connectivity index (χ1v) is 4.12. The third kappa shape index (κ3) is 1.12. The lowest BCUT2D eigenvalue weighted by Crippen LogP contribution is -1.92. The molecular formula is C9H5ClO4. The predicted molar refractivity (Wildman–Crippen MR) is 49.8 cm³/mol. The average Bonchev–Trinajstić information content (AvgIpc) is 2.46. The molecule has 5 heteroatoms. The van der Waals surface area contributed by atoms with Crippen LogP contribution in [0.3, 0.4) is 0 Å². The van der Waals surface area contributed by atoms with Crippen molar-refractivity contribution in [3.63, 3.8) is 0 Å². The molecule has 0 aliphatic rings. The average molecular weight is 213 g/mol. The second-order valence-electron chi connectivity index (χ2n) is 2.70. The molecule has 1 aromatic carbocycles. The summed E-state index contributed by atoms with van der Waals surface area (Å²) < 4.78 is 4.91. The SMILES string of the molecule is O=C(O)c1oc2c(Cl)cccc2c1O. The summed E-state index contributed by atoms with van der Waals surface area (Å²) in [6.45, 7) is 0. The van der Waals surface area contributed by atoms with E-state index in [9.17, 15) is 9.90 Å². The van der Waals surface area contributed by atoms with Gasteiger partial charge in [0.15, 0.2) is 11.3 Å². The van der Waals surface area contributed by atoms with Gasteiger partial charge in [0.2, 0.25) is 0 Å². The number of aromatic hydroxyl groups is 1. The van der Waals surface area contributed by atoms with Crippen molar-refractivity contribution in [2.75, 3.05) is 0 Å². The van der Waals surface area contributed by atoms with Crippen molar-refractivity contribution in [3.05, 3.63) is 29.0 Å². The van der Waals surface area contributed by atoms with Crippen molar-refractivity contribution < 1.29 is 19.4 Å². The highest BCUT2D eigenvalue weighted by Crippen LogP contribution is 2.35. The van der Waals surface area contributed by atoms with Gasteiger partial charge in [-0.3, -0.25) is 0 Å². The zero-order valence-electron chi connectivity index (χ0n) is 6.82. The molecule has 2 N–H and O–H groups in total. The van der Waals surface area contributed by atoms with Crippen molar-refractivity contribution in [1.82, 2.24) is 0 Å². The van der Waals surface area contributed by atoms with E-state index in [2.05, 4.69) is 0 Å². The predicted octanol–water partition coefficient (Wildman–Crippen LogP) is 2.49. The van der Waals surface area contributed by atoms with Crippen molar-refractivity contribution in [2.45, 2.75) is 0 Å². The number of rotatable bonds is 1. The molecule has 4 nitrogen and oxygen atoms in total. The van der Waals surface area contributed by atoms with E-state index in [4.69, 9.17) is 21.1 Å². The molecule has 0 saturated carbocycles. The summed E-state index contributed by atoms with van der Waals surface area (Å²) in [6, 6.07) is 4.69. The lowest BCUT2D eigenvalue weighted by molar-refractivity contribution is 0.0660. The summed E-state index contributed by atoms with van der Waals surface area (Å²) in [7, 11) is 0. The zero-order valence-corrected chi connectivity index (χ0v) is 7.58. The van der Waals surface area contributed by atoms with Crippen LogP contribution in [-0.4, -0.2) is 16.2 Å². The number of carboxylic acid groups (broad SMARTS) is 1. The largest absolute Gasteiger partial charge is 0.504 e. The standard InChI is InChI=1S/C9H5ClO4/c10-5-3-1-2-4-6(11)8(9(12)13)14-7(4)5/h1-3,11H,(H,12,13). The molecule has 0 bridgehead atoms. The van der Waals surface area contributed by atoms with Gasteiger partial charge in [0.25, 0.3) is 5.76 Å². The Morgan fingerprint density at radius 1 is 1.43 bits per heavy atom. The smallest absolute Gasteiger partial charge is 0.375 e. The van der Waals surface area contributed by atoms with Gasteiger partial charge in [0.05, 0.1) is 10.4 Å². The Labute approximate surface area is 83.3 Å². The summed E-state index contributed by atoms with van der Waals surface area (Å²) in [6.07, 6.45) is 0. The van der Waals surface area contributed by atoms with Crippen LogP contribution >= 0.6 is 11.6 Å². The first kappa shape index (κ1) is 8.90. The van der Waals surface area contributed by atoms with Crippen molar-refractivity contribution in [1.29, 1.82) is 0 Å². The van der Waals surface area contributed by atoms with Gasteiger partial charge in [-0.25, -0.2) is 4.79 Å². The van der Waals surface area contributed by atoms with Gasteiger partial charge < -0.3 is 14.6 Å². The minimum Gasteiger partial charge on any atom is -0.504 e. The van der Waals surface area contributed by atoms with Crippen LogP contribution in [0.25, 0.3) is 11.0 Å². The zero-order chi connectivity index (χ0) is 10.3. The Hall–Kier alpha value is -1.68. The molecule has 0 radical (unpaired) electrons. The highest BCUT2D eigenvalue weighted by molar-refractivity contribution is 6.35. The highest BCUT2D eigenvalue weighted by Gasteiger charge is 2.20. The molecule has 2 aromatic rings. The molecule has 72 valence electrons. The van der Waals surface area contributed by atoms with E-state index >= 15 is 0 Å². The maximum absolute atomic E-state index is 10.6. The third-order valence-electron chi connectivity index (χ3n) is 1.84. The number of hydrogen-bond donors (Lipinski definition) is 2. The van der Waals surface area contributed by atoms with Crippen molar-refractivity contribution in [3.8, 4) is 5.75 Å². The van der Waals surface area contributed by atoms with Crippen LogP contribution in [0.15, 0.2) is 22.6 Å². The minimum absolute atomic E-state index is 0.184. The molecule has 0 saturated heterocycles. The summed E-state index contributed by atoms with van der Waals surface area (Å²) >= 11 is 5.75. The van der Waals surface area contributed by atoms with Crippen molar-refractivity contribution in [2.24, 2.45) is 0 Å². The second kappa shape index (κ2) is 2.92. The van der Waals surface area contributed by atoms with Crippen LogP contribution in [0.1, 0.15) is 10.6 Å². The molecule has 0 unspecified atom stereocenters. The number of benzene rings is 1. The van der Waals surface area contributed by atoms with Crippen LogP contribution in [0.4, 0.5) is 0 Å². The Morgan fingerprint density at radius 3 is 2.71 bits per heavy atom. The molecule has 0 aliphatic carbocycles. The Morgan fingerprint density at radius 2 is 2.14 bits per heavy atom. The maximum atomic E-state index is 10.6. The van der Waals surface area contributed by atoms with E-state index in [0.29, 0.717) is 5.39 Å². The van der Waals surface area contributed by atoms with Gasteiger partial charge >= 0.3 is 5.97 Å². The first-order valence-electron chi connectivity index (χ1n) is 3.74. The molecule has 0 spiro atoms. The number of halogens is 1. The van der Waals surface area contributed by atoms with Crippen LogP contribution in [0.5, 0.6) is 5.75 Å². The van der Waals surface area contributed by atoms with E-state index in [0.717, 1.165) is 0 Å². The number of hydrogen-bond acceptors (Lipinski definition) is 3. The second-order valence-corrected chi connectivity index (χ2v) is 3.11. The van der Waals surface area contributed by atoms with E-state index in [1.54, 1.807) is 12.1 Å². The number of aromatic carboxylic acids is 1. The van der Waals surface area contributed by atoms with Crippen LogP contribution in [0, 0.1) is 0 Å². The monoisotopic (exact) mass is 212 g/mol. The summed E-state index contributed by atoms with van der Waals surface area (Å²) in [5, 5.41) is 18.7. The van der Waals surface area contributed by atoms with Gasteiger partial charge in [-0.2, -0.15) is 0 Å². The molecule has 2 rings (SSSR count). The fourth-order valence-corrected chi connectivity index (χ4v) is 1.43. The number of carbonyl (C=O) groups is 1. The highest BCUT2D eigenvalue weighted by atomic mass is 35.5. The van der Waals surface area contributed by atoms with Gasteiger partial charge in [-0.15, -0.1) is 0 Å². The fourth-order valence-electron chi connectivity index (χ4n) is 1.22. The summed E-state index contributed by atoms with van der Waals surface area (Å²) in [5.41, 5.74) is 0.184. The molecule has 1 heterocycles. The molecule has 14 heavy (non-hydrogen) atoms. The van der Waals surface area contributed by atoms with Crippen LogP contribution < -0.4 is 0 Å². The fraction of sp³-hybridized carbons (Fsp3) is 0. The van der Waals surface area contributed by atoms with Crippen LogP contribution in [-0.2, 0) is 0 Å². The van der Waals surface area contributed by atoms with Gasteiger partial charge in [-0.1, -0.05) is 17.7 Å². The summed E-state index contributed by atoms with van der Waals surface area (Å²) in [5.74, 6) is -2.21. The van der Waals surface area contributed by atoms with E-state index in [1.165, 1.54) is 6.07 Å². The third-order valence-corrected chi connectivity index (χ3v) is 2.13. The summed E-state index contributed by atoms with van der Waals surface area (Å²) in [4.78, 5) is 10.6. The topological polar surface area (TPSA) is 70.7 Å². The quantitative estimate of drug-likeness (QED) is 0.762. The molecular weight excluding hydrogens is 208 g/mol. The van der Waals surface area contributed by atoms with E-state index in [1.807, 2.05) is 0 Å². The lowest BCUT2D eigenvalue weighted by Gasteiger charge is -1.89. The first-order chi connectivity index (χ1) is 6.61. The van der Waals surface area contributed by atoms with E-state index in [-0.39, 0.29) is 10.6 Å². The maximum Gasteiger partial charge on any atom is 0.375 e. The Kier molecular flexibility index (Phi) is 1.86. The van der Waals surface area contributed by atoms with Crippen LogP contribution in [0.2, 0.25) is 5.02 Å². The molecule has 0 fully saturated rings. The normalized spacial score (nSPS) is 10.6. The number of para-hydroxylation sites is 1. The molecule has 0 atom stereocenters. The molecule has 0 amide bonds.